The molecule has 2 aromatic rings. The van der Waals surface area contributed by atoms with Gasteiger partial charge in [0.05, 0.1) is 6.61 Å². The lowest BCUT2D eigenvalue weighted by Gasteiger charge is -2.22. The summed E-state index contributed by atoms with van der Waals surface area (Å²) in [5.41, 5.74) is 2.50. The standard InChI is InChI=1S/C16H20N2O/c19-13-16-4-3-11-18(16)12-14-5-7-15(8-6-14)17-9-1-2-10-17/h1-2,5-10,16,19H,3-4,11-13H2/t16-/m0/s1. The SMILES string of the molecule is OC[C@@H]1CCCN1Cc1ccc(-n2cccc2)cc1. The van der Waals surface area contributed by atoms with E-state index in [1.165, 1.54) is 17.7 Å². The second kappa shape index (κ2) is 5.59. The van der Waals surface area contributed by atoms with Crippen LogP contribution in [0.4, 0.5) is 0 Å². The molecule has 1 N–H and O–H groups in total. The molecule has 3 rings (SSSR count). The van der Waals surface area contributed by atoms with Gasteiger partial charge in [-0.15, -0.1) is 0 Å². The molecule has 3 nitrogen and oxygen atoms in total. The van der Waals surface area contributed by atoms with Crippen LogP contribution in [0.15, 0.2) is 48.8 Å². The summed E-state index contributed by atoms with van der Waals surface area (Å²) in [6.45, 7) is 2.32. The third-order valence-electron chi connectivity index (χ3n) is 3.93. The first-order valence-electron chi connectivity index (χ1n) is 6.94. The summed E-state index contributed by atoms with van der Waals surface area (Å²) >= 11 is 0. The molecular weight excluding hydrogens is 236 g/mol. The van der Waals surface area contributed by atoms with Gasteiger partial charge in [-0.25, -0.2) is 0 Å². The molecule has 19 heavy (non-hydrogen) atoms. The van der Waals surface area contributed by atoms with Crippen molar-refractivity contribution in [3.8, 4) is 5.69 Å². The van der Waals surface area contributed by atoms with Gasteiger partial charge in [0.2, 0.25) is 0 Å². The number of rotatable bonds is 4. The summed E-state index contributed by atoms with van der Waals surface area (Å²) in [6.07, 6.45) is 6.43. The molecule has 3 heteroatoms. The van der Waals surface area contributed by atoms with Gasteiger partial charge in [-0.1, -0.05) is 12.1 Å². The Labute approximate surface area is 114 Å². The van der Waals surface area contributed by atoms with E-state index in [0.29, 0.717) is 6.04 Å². The third kappa shape index (κ3) is 2.72. The van der Waals surface area contributed by atoms with Crippen molar-refractivity contribution in [2.45, 2.75) is 25.4 Å². The molecule has 1 aliphatic rings. The molecule has 1 atom stereocenters. The fourth-order valence-corrected chi connectivity index (χ4v) is 2.82. The summed E-state index contributed by atoms with van der Waals surface area (Å²) in [7, 11) is 0. The van der Waals surface area contributed by atoms with E-state index in [9.17, 15) is 5.11 Å². The Hall–Kier alpha value is -1.58. The van der Waals surface area contributed by atoms with E-state index in [1.807, 2.05) is 12.1 Å². The second-order valence-corrected chi connectivity index (χ2v) is 5.21. The number of hydrogen-bond donors (Lipinski definition) is 1. The fraction of sp³-hybridized carbons (Fsp3) is 0.375. The molecule has 0 amide bonds. The fourth-order valence-electron chi connectivity index (χ4n) is 2.82. The van der Waals surface area contributed by atoms with Crippen LogP contribution >= 0.6 is 0 Å². The summed E-state index contributed by atoms with van der Waals surface area (Å²) in [4.78, 5) is 2.38. The van der Waals surface area contributed by atoms with Crippen molar-refractivity contribution < 1.29 is 5.11 Å². The van der Waals surface area contributed by atoms with Crippen LogP contribution in [0.5, 0.6) is 0 Å². The Morgan fingerprint density at radius 3 is 2.53 bits per heavy atom. The van der Waals surface area contributed by atoms with Crippen LogP contribution in [0.25, 0.3) is 5.69 Å². The van der Waals surface area contributed by atoms with Gasteiger partial charge in [-0.2, -0.15) is 0 Å². The number of likely N-dealkylation sites (tertiary alicyclic amines) is 1. The molecule has 2 heterocycles. The molecule has 0 bridgehead atoms. The molecule has 0 aliphatic carbocycles. The average Bonchev–Trinajstić information content (AvgIpc) is 3.10. The molecule has 1 saturated heterocycles. The molecule has 0 radical (unpaired) electrons. The summed E-state index contributed by atoms with van der Waals surface area (Å²) in [5.74, 6) is 0. The van der Waals surface area contributed by atoms with Crippen LogP contribution in [0.1, 0.15) is 18.4 Å². The third-order valence-corrected chi connectivity index (χ3v) is 3.93. The molecule has 0 saturated carbocycles. The highest BCUT2D eigenvalue weighted by Gasteiger charge is 2.23. The van der Waals surface area contributed by atoms with Crippen molar-refractivity contribution in [2.75, 3.05) is 13.2 Å². The first-order valence-corrected chi connectivity index (χ1v) is 6.94. The first-order chi connectivity index (χ1) is 9.36. The zero-order valence-corrected chi connectivity index (χ0v) is 11.1. The molecular formula is C16H20N2O. The number of benzene rings is 1. The molecule has 1 aliphatic heterocycles. The summed E-state index contributed by atoms with van der Waals surface area (Å²) in [5, 5.41) is 9.34. The van der Waals surface area contributed by atoms with E-state index in [0.717, 1.165) is 19.5 Å². The monoisotopic (exact) mass is 256 g/mol. The highest BCUT2D eigenvalue weighted by atomic mass is 16.3. The molecule has 100 valence electrons. The van der Waals surface area contributed by atoms with Gasteiger partial charge in [0.25, 0.3) is 0 Å². The van der Waals surface area contributed by atoms with E-state index >= 15 is 0 Å². The first kappa shape index (κ1) is 12.5. The quantitative estimate of drug-likeness (QED) is 0.910. The molecule has 1 aromatic carbocycles. The molecule has 0 spiro atoms. The van der Waals surface area contributed by atoms with E-state index < -0.39 is 0 Å². The Kier molecular flexibility index (Phi) is 3.67. The summed E-state index contributed by atoms with van der Waals surface area (Å²) < 4.78 is 2.11. The van der Waals surface area contributed by atoms with Gasteiger partial charge in [-0.3, -0.25) is 4.90 Å². The Morgan fingerprint density at radius 1 is 1.11 bits per heavy atom. The van der Waals surface area contributed by atoms with Crippen LogP contribution in [0, 0.1) is 0 Å². The lowest BCUT2D eigenvalue weighted by atomic mass is 10.1. The van der Waals surface area contributed by atoms with E-state index in [2.05, 4.69) is 46.1 Å². The van der Waals surface area contributed by atoms with Crippen LogP contribution in [-0.2, 0) is 6.54 Å². The normalized spacial score (nSPS) is 19.9. The van der Waals surface area contributed by atoms with Crippen LogP contribution in [0.2, 0.25) is 0 Å². The molecule has 0 unspecified atom stereocenters. The van der Waals surface area contributed by atoms with Crippen molar-refractivity contribution >= 4 is 0 Å². The zero-order valence-electron chi connectivity index (χ0n) is 11.1. The van der Waals surface area contributed by atoms with E-state index in [4.69, 9.17) is 0 Å². The molecule has 1 fully saturated rings. The number of hydrogen-bond acceptors (Lipinski definition) is 2. The van der Waals surface area contributed by atoms with Gasteiger partial charge in [-0.05, 0) is 49.2 Å². The number of nitrogens with zero attached hydrogens (tertiary/aromatic N) is 2. The summed E-state index contributed by atoms with van der Waals surface area (Å²) in [6, 6.07) is 13.1. The zero-order chi connectivity index (χ0) is 13.1. The predicted octanol–water partition coefficient (Wildman–Crippen LogP) is 2.43. The minimum absolute atomic E-state index is 0.279. The van der Waals surface area contributed by atoms with Crippen molar-refractivity contribution in [1.29, 1.82) is 0 Å². The lowest BCUT2D eigenvalue weighted by molar-refractivity contribution is 0.153. The van der Waals surface area contributed by atoms with Gasteiger partial charge in [0.1, 0.15) is 0 Å². The van der Waals surface area contributed by atoms with Gasteiger partial charge < -0.3 is 9.67 Å². The predicted molar refractivity (Wildman–Crippen MR) is 76.3 cm³/mol. The van der Waals surface area contributed by atoms with Crippen LogP contribution in [0.3, 0.4) is 0 Å². The molecule has 1 aromatic heterocycles. The van der Waals surface area contributed by atoms with Gasteiger partial charge in [0.15, 0.2) is 0 Å². The van der Waals surface area contributed by atoms with Crippen LogP contribution < -0.4 is 0 Å². The van der Waals surface area contributed by atoms with E-state index in [1.54, 1.807) is 0 Å². The van der Waals surface area contributed by atoms with Gasteiger partial charge in [0, 0.05) is 30.7 Å². The Morgan fingerprint density at radius 2 is 1.84 bits per heavy atom. The minimum atomic E-state index is 0.279. The number of aliphatic hydroxyl groups is 1. The van der Waals surface area contributed by atoms with Crippen molar-refractivity contribution in [2.24, 2.45) is 0 Å². The number of aromatic nitrogens is 1. The Bertz CT molecular complexity index is 504. The van der Waals surface area contributed by atoms with Crippen molar-refractivity contribution in [3.05, 3.63) is 54.4 Å². The van der Waals surface area contributed by atoms with Crippen molar-refractivity contribution in [1.82, 2.24) is 9.47 Å². The topological polar surface area (TPSA) is 28.4 Å². The maximum absolute atomic E-state index is 9.34. The highest BCUT2D eigenvalue weighted by molar-refractivity contribution is 5.35. The largest absolute Gasteiger partial charge is 0.395 e. The van der Waals surface area contributed by atoms with Gasteiger partial charge >= 0.3 is 0 Å². The maximum atomic E-state index is 9.34. The number of aliphatic hydroxyl groups excluding tert-OH is 1. The average molecular weight is 256 g/mol. The Balaban J connectivity index is 1.69. The maximum Gasteiger partial charge on any atom is 0.0587 e. The van der Waals surface area contributed by atoms with E-state index in [-0.39, 0.29) is 6.61 Å². The minimum Gasteiger partial charge on any atom is -0.395 e. The van der Waals surface area contributed by atoms with Crippen molar-refractivity contribution in [3.63, 3.8) is 0 Å². The second-order valence-electron chi connectivity index (χ2n) is 5.21. The lowest BCUT2D eigenvalue weighted by Crippen LogP contribution is -2.31. The highest BCUT2D eigenvalue weighted by Crippen LogP contribution is 2.20. The van der Waals surface area contributed by atoms with Crippen LogP contribution in [-0.4, -0.2) is 33.8 Å². The smallest absolute Gasteiger partial charge is 0.0587 e.